The second-order valence-corrected chi connectivity index (χ2v) is 7.19. The van der Waals surface area contributed by atoms with Crippen LogP contribution in [0.4, 0.5) is 0 Å². The molecule has 0 spiro atoms. The number of aromatic hydroxyl groups is 3. The molecule has 0 aliphatic rings. The van der Waals surface area contributed by atoms with Gasteiger partial charge in [-0.2, -0.15) is 0 Å². The summed E-state index contributed by atoms with van der Waals surface area (Å²) in [5.74, 6) is 1.21. The van der Waals surface area contributed by atoms with Crippen molar-refractivity contribution in [2.75, 3.05) is 0 Å². The van der Waals surface area contributed by atoms with E-state index in [0.29, 0.717) is 11.7 Å². The zero-order valence-corrected chi connectivity index (χ0v) is 16.0. The van der Waals surface area contributed by atoms with E-state index < -0.39 is 0 Å². The van der Waals surface area contributed by atoms with Gasteiger partial charge in [0.2, 0.25) is 0 Å². The van der Waals surface area contributed by atoms with Gasteiger partial charge in [0, 0.05) is 0 Å². The minimum Gasteiger partial charge on any atom is -0.508 e. The van der Waals surface area contributed by atoms with Crippen molar-refractivity contribution in [3.8, 4) is 17.2 Å². The first-order chi connectivity index (χ1) is 13.5. The predicted molar refractivity (Wildman–Crippen MR) is 114 cm³/mol. The molecule has 0 aliphatic heterocycles. The molecule has 3 aromatic carbocycles. The fourth-order valence-corrected chi connectivity index (χ4v) is 3.28. The first-order valence-corrected chi connectivity index (χ1v) is 9.56. The normalized spacial score (nSPS) is 12.7. The molecule has 1 unspecified atom stereocenters. The predicted octanol–water partition coefficient (Wildman–Crippen LogP) is 6.01. The number of phenols is 3. The molecule has 3 nitrogen and oxygen atoms in total. The fourth-order valence-electron chi connectivity index (χ4n) is 3.28. The van der Waals surface area contributed by atoms with E-state index in [1.54, 1.807) is 36.4 Å². The van der Waals surface area contributed by atoms with Gasteiger partial charge in [-0.3, -0.25) is 0 Å². The molecule has 0 fully saturated rings. The number of phenolic OH excluding ortho intramolecular Hbond substituents is 3. The molecule has 0 saturated carbocycles. The van der Waals surface area contributed by atoms with Gasteiger partial charge < -0.3 is 15.3 Å². The molecule has 1 atom stereocenters. The average molecular weight is 374 g/mol. The molecule has 28 heavy (non-hydrogen) atoms. The summed E-state index contributed by atoms with van der Waals surface area (Å²) in [6.45, 7) is 2.19. The molecular weight excluding hydrogens is 348 g/mol. The fraction of sp³-hybridized carbons (Fsp3) is 0.200. The van der Waals surface area contributed by atoms with Crippen LogP contribution in [0, 0.1) is 0 Å². The molecule has 0 aromatic heterocycles. The minimum atomic E-state index is 0.258. The second kappa shape index (κ2) is 9.14. The van der Waals surface area contributed by atoms with Crippen LogP contribution in [0.5, 0.6) is 17.2 Å². The molecule has 3 heteroatoms. The van der Waals surface area contributed by atoms with E-state index in [-0.39, 0.29) is 11.5 Å². The summed E-state index contributed by atoms with van der Waals surface area (Å²) in [5.41, 5.74) is 4.63. The quantitative estimate of drug-likeness (QED) is 0.474. The largest absolute Gasteiger partial charge is 0.508 e. The number of rotatable bonds is 7. The van der Waals surface area contributed by atoms with Crippen molar-refractivity contribution in [2.24, 2.45) is 0 Å². The SMILES string of the molecule is CC(CCC=C(Cc1ccc(O)cc1)c1ccc(O)cc1)c1ccc(O)cc1. The smallest absolute Gasteiger partial charge is 0.115 e. The van der Waals surface area contributed by atoms with Crippen LogP contribution in [0.3, 0.4) is 0 Å². The van der Waals surface area contributed by atoms with Crippen LogP contribution in [0.15, 0.2) is 78.9 Å². The van der Waals surface area contributed by atoms with Crippen LogP contribution in [-0.2, 0) is 6.42 Å². The lowest BCUT2D eigenvalue weighted by molar-refractivity contribution is 0.474. The van der Waals surface area contributed by atoms with E-state index in [1.165, 1.54) is 11.1 Å². The molecule has 3 rings (SSSR count). The Bertz CT molecular complexity index is 908. The third kappa shape index (κ3) is 5.40. The number of allylic oxidation sites excluding steroid dienone is 2. The van der Waals surface area contributed by atoms with Crippen LogP contribution in [0.1, 0.15) is 42.4 Å². The van der Waals surface area contributed by atoms with Gasteiger partial charge in [-0.1, -0.05) is 49.4 Å². The highest BCUT2D eigenvalue weighted by Gasteiger charge is 2.07. The summed E-state index contributed by atoms with van der Waals surface area (Å²) >= 11 is 0. The van der Waals surface area contributed by atoms with Gasteiger partial charge in [-0.05, 0) is 83.8 Å². The highest BCUT2D eigenvalue weighted by molar-refractivity contribution is 5.68. The molecular formula is C25H26O3. The molecule has 3 aromatic rings. The van der Waals surface area contributed by atoms with Crippen LogP contribution < -0.4 is 0 Å². The van der Waals surface area contributed by atoms with Gasteiger partial charge in [0.25, 0.3) is 0 Å². The van der Waals surface area contributed by atoms with Gasteiger partial charge in [-0.25, -0.2) is 0 Å². The summed E-state index contributed by atoms with van der Waals surface area (Å²) in [4.78, 5) is 0. The van der Waals surface area contributed by atoms with Crippen molar-refractivity contribution < 1.29 is 15.3 Å². The zero-order chi connectivity index (χ0) is 19.9. The third-order valence-electron chi connectivity index (χ3n) is 5.02. The Labute approximate surface area is 166 Å². The molecule has 0 bridgehead atoms. The Balaban J connectivity index is 1.74. The Morgan fingerprint density at radius 3 is 1.82 bits per heavy atom. The summed E-state index contributed by atoms with van der Waals surface area (Å²) in [6, 6.07) is 22.0. The molecule has 144 valence electrons. The van der Waals surface area contributed by atoms with E-state index in [0.717, 1.165) is 30.4 Å². The standard InChI is InChI=1S/C25H26O3/c1-18(20-7-13-24(27)14-8-20)3-2-4-22(21-9-15-25(28)16-10-21)17-19-5-11-23(26)12-6-19/h4-16,18,26-28H,2-3,17H2,1H3. The maximum Gasteiger partial charge on any atom is 0.115 e. The highest BCUT2D eigenvalue weighted by atomic mass is 16.3. The van der Waals surface area contributed by atoms with Crippen LogP contribution in [0.2, 0.25) is 0 Å². The van der Waals surface area contributed by atoms with Crippen molar-refractivity contribution in [3.05, 3.63) is 95.6 Å². The Kier molecular flexibility index (Phi) is 6.38. The first kappa shape index (κ1) is 19.6. The van der Waals surface area contributed by atoms with Gasteiger partial charge >= 0.3 is 0 Å². The number of hydrogen-bond donors (Lipinski definition) is 3. The zero-order valence-electron chi connectivity index (χ0n) is 16.0. The summed E-state index contributed by atoms with van der Waals surface area (Å²) in [5, 5.41) is 28.5. The van der Waals surface area contributed by atoms with Gasteiger partial charge in [0.05, 0.1) is 0 Å². The Hall–Kier alpha value is -3.20. The molecule has 0 saturated heterocycles. The van der Waals surface area contributed by atoms with Crippen molar-refractivity contribution in [3.63, 3.8) is 0 Å². The molecule has 0 radical (unpaired) electrons. The number of benzene rings is 3. The lowest BCUT2D eigenvalue weighted by atomic mass is 9.93. The van der Waals surface area contributed by atoms with E-state index in [2.05, 4.69) is 13.0 Å². The summed E-state index contributed by atoms with van der Waals surface area (Å²) < 4.78 is 0. The van der Waals surface area contributed by atoms with Gasteiger partial charge in [0.1, 0.15) is 17.2 Å². The van der Waals surface area contributed by atoms with E-state index in [9.17, 15) is 15.3 Å². The van der Waals surface area contributed by atoms with Crippen molar-refractivity contribution in [1.29, 1.82) is 0 Å². The maximum atomic E-state index is 9.59. The molecule has 0 aliphatic carbocycles. The Morgan fingerprint density at radius 1 is 0.750 bits per heavy atom. The molecule has 3 N–H and O–H groups in total. The van der Waals surface area contributed by atoms with Crippen LogP contribution in [0.25, 0.3) is 5.57 Å². The van der Waals surface area contributed by atoms with Crippen LogP contribution >= 0.6 is 0 Å². The van der Waals surface area contributed by atoms with Crippen molar-refractivity contribution in [1.82, 2.24) is 0 Å². The Morgan fingerprint density at radius 2 is 1.25 bits per heavy atom. The second-order valence-electron chi connectivity index (χ2n) is 7.19. The monoisotopic (exact) mass is 374 g/mol. The summed E-state index contributed by atoms with van der Waals surface area (Å²) in [7, 11) is 0. The highest BCUT2D eigenvalue weighted by Crippen LogP contribution is 2.27. The third-order valence-corrected chi connectivity index (χ3v) is 5.02. The lowest BCUT2D eigenvalue weighted by Crippen LogP contribution is -1.94. The van der Waals surface area contributed by atoms with E-state index in [1.807, 2.05) is 36.4 Å². The van der Waals surface area contributed by atoms with Gasteiger partial charge in [-0.15, -0.1) is 0 Å². The summed E-state index contributed by atoms with van der Waals surface area (Å²) in [6.07, 6.45) is 4.95. The van der Waals surface area contributed by atoms with Crippen molar-refractivity contribution >= 4 is 5.57 Å². The molecule has 0 amide bonds. The molecule has 0 heterocycles. The van der Waals surface area contributed by atoms with Crippen molar-refractivity contribution in [2.45, 2.75) is 32.1 Å². The topological polar surface area (TPSA) is 60.7 Å². The van der Waals surface area contributed by atoms with Gasteiger partial charge in [0.15, 0.2) is 0 Å². The number of hydrogen-bond acceptors (Lipinski definition) is 3. The van der Waals surface area contributed by atoms with E-state index in [4.69, 9.17) is 0 Å². The van der Waals surface area contributed by atoms with Crippen LogP contribution in [-0.4, -0.2) is 15.3 Å². The minimum absolute atomic E-state index is 0.258. The maximum absolute atomic E-state index is 9.59. The van der Waals surface area contributed by atoms with E-state index >= 15 is 0 Å². The first-order valence-electron chi connectivity index (χ1n) is 9.56. The lowest BCUT2D eigenvalue weighted by Gasteiger charge is -2.13. The average Bonchev–Trinajstić information content (AvgIpc) is 2.70.